The van der Waals surface area contributed by atoms with Crippen molar-refractivity contribution in [2.24, 2.45) is 0 Å². The quantitative estimate of drug-likeness (QED) is 0.917. The number of aryl methyl sites for hydroxylation is 1. The molecule has 7 heteroatoms. The predicted molar refractivity (Wildman–Crippen MR) is 81.1 cm³/mol. The number of hydrogen-bond acceptors (Lipinski definition) is 4. The number of sulfonamides is 1. The van der Waals surface area contributed by atoms with E-state index in [1.54, 1.807) is 0 Å². The minimum absolute atomic E-state index is 0.0116. The van der Waals surface area contributed by atoms with Gasteiger partial charge in [0.05, 0.1) is 0 Å². The second kappa shape index (κ2) is 5.97. The number of benzene rings is 1. The average Bonchev–Trinajstić information content (AvgIpc) is 2.89. The van der Waals surface area contributed by atoms with E-state index in [1.165, 1.54) is 23.5 Å². The van der Waals surface area contributed by atoms with Crippen LogP contribution < -0.4 is 0 Å². The SMILES string of the molecule is Cc1cccc(CN(C)S(=O)(=O)c2ccc(C(=O)O)s2)c1. The molecule has 1 aromatic heterocycles. The van der Waals surface area contributed by atoms with E-state index in [4.69, 9.17) is 5.11 Å². The molecule has 0 atom stereocenters. The first-order valence-corrected chi connectivity index (χ1v) is 8.41. The van der Waals surface area contributed by atoms with Gasteiger partial charge >= 0.3 is 5.97 Å². The lowest BCUT2D eigenvalue weighted by atomic mass is 10.1. The maximum Gasteiger partial charge on any atom is 0.345 e. The number of thiophene rings is 1. The number of carboxylic acids is 1. The van der Waals surface area contributed by atoms with Crippen molar-refractivity contribution < 1.29 is 18.3 Å². The minimum atomic E-state index is -3.67. The molecule has 0 spiro atoms. The molecule has 0 saturated carbocycles. The molecular weight excluding hydrogens is 310 g/mol. The van der Waals surface area contributed by atoms with Crippen LogP contribution in [0.25, 0.3) is 0 Å². The molecule has 1 aromatic carbocycles. The van der Waals surface area contributed by atoms with Crippen molar-refractivity contribution in [1.29, 1.82) is 0 Å². The Kier molecular flexibility index (Phi) is 4.46. The van der Waals surface area contributed by atoms with E-state index >= 15 is 0 Å². The van der Waals surface area contributed by atoms with Crippen LogP contribution in [0.5, 0.6) is 0 Å². The first kappa shape index (κ1) is 15.7. The van der Waals surface area contributed by atoms with Gasteiger partial charge in [-0.15, -0.1) is 11.3 Å². The first-order valence-electron chi connectivity index (χ1n) is 6.16. The number of carboxylic acid groups (broad SMARTS) is 1. The largest absolute Gasteiger partial charge is 0.477 e. The van der Waals surface area contributed by atoms with Gasteiger partial charge in [-0.2, -0.15) is 4.31 Å². The van der Waals surface area contributed by atoms with Crippen LogP contribution in [0, 0.1) is 6.92 Å². The first-order chi connectivity index (χ1) is 9.80. The summed E-state index contributed by atoms with van der Waals surface area (Å²) in [6.07, 6.45) is 0. The van der Waals surface area contributed by atoms with Gasteiger partial charge in [-0.1, -0.05) is 29.8 Å². The van der Waals surface area contributed by atoms with Gasteiger partial charge in [0.25, 0.3) is 10.0 Å². The van der Waals surface area contributed by atoms with Gasteiger partial charge in [0.2, 0.25) is 0 Å². The van der Waals surface area contributed by atoms with Crippen LogP contribution in [-0.4, -0.2) is 30.8 Å². The molecule has 0 amide bonds. The van der Waals surface area contributed by atoms with Crippen LogP contribution >= 0.6 is 11.3 Å². The zero-order valence-corrected chi connectivity index (χ0v) is 13.2. The van der Waals surface area contributed by atoms with Gasteiger partial charge in [-0.05, 0) is 24.6 Å². The fraction of sp³-hybridized carbons (Fsp3) is 0.214. The Hall–Kier alpha value is -1.70. The average molecular weight is 325 g/mol. The van der Waals surface area contributed by atoms with Crippen molar-refractivity contribution >= 4 is 27.3 Å². The Balaban J connectivity index is 2.23. The van der Waals surface area contributed by atoms with Crippen molar-refractivity contribution in [3.05, 3.63) is 52.4 Å². The van der Waals surface area contributed by atoms with Crippen molar-refractivity contribution in [3.63, 3.8) is 0 Å². The fourth-order valence-electron chi connectivity index (χ4n) is 1.88. The zero-order chi connectivity index (χ0) is 15.6. The van der Waals surface area contributed by atoms with Crippen LogP contribution in [0.2, 0.25) is 0 Å². The number of hydrogen-bond donors (Lipinski definition) is 1. The Labute approximate surface area is 127 Å². The van der Waals surface area contributed by atoms with Crippen LogP contribution in [0.15, 0.2) is 40.6 Å². The second-order valence-corrected chi connectivity index (χ2v) is 8.03. The van der Waals surface area contributed by atoms with Gasteiger partial charge in [0.15, 0.2) is 0 Å². The number of aromatic carboxylic acids is 1. The molecule has 21 heavy (non-hydrogen) atoms. The van der Waals surface area contributed by atoms with E-state index in [1.807, 2.05) is 31.2 Å². The number of nitrogens with zero attached hydrogens (tertiary/aromatic N) is 1. The Morgan fingerprint density at radius 2 is 2.00 bits per heavy atom. The third kappa shape index (κ3) is 3.49. The highest BCUT2D eigenvalue weighted by Crippen LogP contribution is 2.25. The molecule has 5 nitrogen and oxygen atoms in total. The lowest BCUT2D eigenvalue weighted by Gasteiger charge is -2.16. The van der Waals surface area contributed by atoms with Gasteiger partial charge in [-0.3, -0.25) is 0 Å². The number of rotatable bonds is 5. The van der Waals surface area contributed by atoms with Crippen molar-refractivity contribution in [2.75, 3.05) is 7.05 Å². The molecule has 2 aromatic rings. The maximum absolute atomic E-state index is 12.4. The van der Waals surface area contributed by atoms with Crippen LogP contribution in [-0.2, 0) is 16.6 Å². The molecule has 0 fully saturated rings. The van der Waals surface area contributed by atoms with E-state index in [9.17, 15) is 13.2 Å². The Morgan fingerprint density at radius 3 is 2.57 bits per heavy atom. The number of carbonyl (C=O) groups is 1. The maximum atomic E-state index is 12.4. The monoisotopic (exact) mass is 325 g/mol. The molecule has 0 aliphatic rings. The highest BCUT2D eigenvalue weighted by Gasteiger charge is 2.24. The van der Waals surface area contributed by atoms with E-state index in [0.29, 0.717) is 0 Å². The lowest BCUT2D eigenvalue weighted by molar-refractivity contribution is 0.0702. The second-order valence-electron chi connectivity index (χ2n) is 4.67. The van der Waals surface area contributed by atoms with Gasteiger partial charge in [-0.25, -0.2) is 13.2 Å². The summed E-state index contributed by atoms with van der Waals surface area (Å²) in [7, 11) is -2.19. The molecule has 0 unspecified atom stereocenters. The van der Waals surface area contributed by atoms with E-state index in [2.05, 4.69) is 0 Å². The molecule has 2 rings (SSSR count). The molecule has 0 aliphatic heterocycles. The summed E-state index contributed by atoms with van der Waals surface area (Å²) < 4.78 is 26.1. The van der Waals surface area contributed by atoms with Crippen molar-refractivity contribution in [2.45, 2.75) is 17.7 Å². The summed E-state index contributed by atoms with van der Waals surface area (Å²) in [4.78, 5) is 10.9. The van der Waals surface area contributed by atoms with Crippen molar-refractivity contribution in [1.82, 2.24) is 4.31 Å². The molecule has 0 bridgehead atoms. The highest BCUT2D eigenvalue weighted by atomic mass is 32.2. The highest BCUT2D eigenvalue weighted by molar-refractivity contribution is 7.91. The summed E-state index contributed by atoms with van der Waals surface area (Å²) in [6.45, 7) is 2.18. The standard InChI is InChI=1S/C14H15NO4S2/c1-10-4-3-5-11(8-10)9-15(2)21(18,19)13-7-6-12(20-13)14(16)17/h3-8H,9H2,1-2H3,(H,16,17). The Bertz CT molecular complexity index is 765. The molecule has 0 aliphatic carbocycles. The third-order valence-electron chi connectivity index (χ3n) is 2.94. The molecule has 1 heterocycles. The topological polar surface area (TPSA) is 74.7 Å². The molecule has 0 saturated heterocycles. The summed E-state index contributed by atoms with van der Waals surface area (Å²) in [5.74, 6) is -1.12. The third-order valence-corrected chi connectivity index (χ3v) is 6.29. The Morgan fingerprint density at radius 1 is 1.29 bits per heavy atom. The zero-order valence-electron chi connectivity index (χ0n) is 11.6. The molecule has 0 radical (unpaired) electrons. The normalized spacial score (nSPS) is 11.8. The summed E-state index contributed by atoms with van der Waals surface area (Å²) >= 11 is 0.761. The lowest BCUT2D eigenvalue weighted by Crippen LogP contribution is -2.25. The summed E-state index contributed by atoms with van der Waals surface area (Å²) in [5, 5.41) is 8.87. The minimum Gasteiger partial charge on any atom is -0.477 e. The van der Waals surface area contributed by atoms with Gasteiger partial charge in [0, 0.05) is 13.6 Å². The molecular formula is C14H15NO4S2. The van der Waals surface area contributed by atoms with E-state index in [-0.39, 0.29) is 15.6 Å². The summed E-state index contributed by atoms with van der Waals surface area (Å²) in [5.41, 5.74) is 1.94. The molecule has 1 N–H and O–H groups in total. The smallest absolute Gasteiger partial charge is 0.345 e. The summed E-state index contributed by atoms with van der Waals surface area (Å²) in [6, 6.07) is 10.2. The van der Waals surface area contributed by atoms with E-state index in [0.717, 1.165) is 22.5 Å². The van der Waals surface area contributed by atoms with Crippen LogP contribution in [0.3, 0.4) is 0 Å². The van der Waals surface area contributed by atoms with Crippen molar-refractivity contribution in [3.8, 4) is 0 Å². The van der Waals surface area contributed by atoms with Crippen LogP contribution in [0.1, 0.15) is 20.8 Å². The van der Waals surface area contributed by atoms with Gasteiger partial charge < -0.3 is 5.11 Å². The predicted octanol–water partition coefficient (Wildman–Crippen LogP) is 2.58. The van der Waals surface area contributed by atoms with Gasteiger partial charge in [0.1, 0.15) is 9.09 Å². The van der Waals surface area contributed by atoms with Crippen LogP contribution in [0.4, 0.5) is 0 Å². The van der Waals surface area contributed by atoms with E-state index < -0.39 is 16.0 Å². The fourth-order valence-corrected chi connectivity index (χ4v) is 4.39. The molecule has 112 valence electrons.